The molecule has 0 saturated heterocycles. The molecule has 0 saturated carbocycles. The average Bonchev–Trinajstić information content (AvgIpc) is 2.60. The van der Waals surface area contributed by atoms with E-state index in [2.05, 4.69) is 72.9 Å². The summed E-state index contributed by atoms with van der Waals surface area (Å²) in [4.78, 5) is 0. The molecule has 0 aromatic heterocycles. The maximum absolute atomic E-state index is 6.50. The van der Waals surface area contributed by atoms with Crippen molar-refractivity contribution in [1.29, 1.82) is 0 Å². The van der Waals surface area contributed by atoms with Gasteiger partial charge >= 0.3 is 0 Å². The van der Waals surface area contributed by atoms with Gasteiger partial charge in [0.2, 0.25) is 0 Å². The van der Waals surface area contributed by atoms with E-state index in [0.717, 1.165) is 32.4 Å². The van der Waals surface area contributed by atoms with Gasteiger partial charge in [0.05, 0.1) is 0 Å². The summed E-state index contributed by atoms with van der Waals surface area (Å²) in [5, 5.41) is 3.27. The van der Waals surface area contributed by atoms with E-state index in [1.807, 2.05) is 7.05 Å². The van der Waals surface area contributed by atoms with Crippen LogP contribution >= 0.6 is 0 Å². The molecule has 22 heavy (non-hydrogen) atoms. The van der Waals surface area contributed by atoms with Gasteiger partial charge in [0.1, 0.15) is 5.60 Å². The Hall–Kier alpha value is -1.64. The van der Waals surface area contributed by atoms with Crippen LogP contribution in [0.2, 0.25) is 0 Å². The average molecular weight is 297 g/mol. The fraction of sp³-hybridized carbons (Fsp3) is 0.400. The molecule has 2 rings (SSSR count). The van der Waals surface area contributed by atoms with Gasteiger partial charge < -0.3 is 10.1 Å². The van der Waals surface area contributed by atoms with Crippen LogP contribution in [-0.4, -0.2) is 20.2 Å². The summed E-state index contributed by atoms with van der Waals surface area (Å²) in [6, 6.07) is 21.2. The van der Waals surface area contributed by atoms with Crippen molar-refractivity contribution in [2.45, 2.75) is 31.8 Å². The minimum absolute atomic E-state index is 0.374. The maximum atomic E-state index is 6.50. The molecular formula is C20H27NO. The Morgan fingerprint density at radius 2 is 1.45 bits per heavy atom. The largest absolute Gasteiger partial charge is 0.365 e. The predicted molar refractivity (Wildman–Crippen MR) is 93.1 cm³/mol. The molecule has 0 amide bonds. The predicted octanol–water partition coefficient (Wildman–Crippen LogP) is 4.36. The van der Waals surface area contributed by atoms with Crippen LogP contribution in [0.15, 0.2) is 60.7 Å². The lowest BCUT2D eigenvalue weighted by Gasteiger charge is -2.35. The normalized spacial score (nSPS) is 11.5. The highest BCUT2D eigenvalue weighted by Gasteiger charge is 2.34. The topological polar surface area (TPSA) is 21.3 Å². The van der Waals surface area contributed by atoms with E-state index in [4.69, 9.17) is 4.74 Å². The number of nitrogens with one attached hydrogen (secondary N) is 1. The monoisotopic (exact) mass is 297 g/mol. The van der Waals surface area contributed by atoms with Gasteiger partial charge in [-0.1, -0.05) is 74.0 Å². The smallest absolute Gasteiger partial charge is 0.119 e. The minimum atomic E-state index is -0.374. The van der Waals surface area contributed by atoms with Crippen LogP contribution in [0.5, 0.6) is 0 Å². The van der Waals surface area contributed by atoms with Crippen LogP contribution < -0.4 is 5.32 Å². The standard InChI is InChI=1S/C20H27NO/c1-3-4-17-22-20(15-16-21-2,18-11-7-5-8-12-18)19-13-9-6-10-14-19/h5-14,21H,3-4,15-17H2,1-2H3. The first-order valence-corrected chi connectivity index (χ1v) is 8.23. The van der Waals surface area contributed by atoms with Crippen LogP contribution in [0.3, 0.4) is 0 Å². The van der Waals surface area contributed by atoms with E-state index in [0.29, 0.717) is 0 Å². The second kappa shape index (κ2) is 8.72. The van der Waals surface area contributed by atoms with E-state index >= 15 is 0 Å². The van der Waals surface area contributed by atoms with Gasteiger partial charge in [-0.2, -0.15) is 0 Å². The Balaban J connectivity index is 2.43. The molecule has 0 fully saturated rings. The first-order chi connectivity index (χ1) is 10.8. The van der Waals surface area contributed by atoms with Crippen LogP contribution in [0, 0.1) is 0 Å². The summed E-state index contributed by atoms with van der Waals surface area (Å²) in [5.41, 5.74) is 2.08. The zero-order valence-corrected chi connectivity index (χ0v) is 13.7. The molecule has 0 aliphatic carbocycles. The summed E-state index contributed by atoms with van der Waals surface area (Å²) in [5.74, 6) is 0. The van der Waals surface area contributed by atoms with Gasteiger partial charge in [-0.25, -0.2) is 0 Å². The first-order valence-electron chi connectivity index (χ1n) is 8.23. The van der Waals surface area contributed by atoms with E-state index in [1.165, 1.54) is 11.1 Å². The van der Waals surface area contributed by atoms with Crippen LogP contribution in [0.1, 0.15) is 37.3 Å². The number of benzene rings is 2. The van der Waals surface area contributed by atoms with Crippen LogP contribution in [0.25, 0.3) is 0 Å². The van der Waals surface area contributed by atoms with Gasteiger partial charge in [-0.05, 0) is 37.6 Å². The maximum Gasteiger partial charge on any atom is 0.119 e. The molecule has 2 nitrogen and oxygen atoms in total. The molecule has 0 bridgehead atoms. The molecule has 1 N–H and O–H groups in total. The summed E-state index contributed by atoms with van der Waals surface area (Å²) < 4.78 is 6.50. The van der Waals surface area contributed by atoms with Crippen molar-refractivity contribution in [3.8, 4) is 0 Å². The fourth-order valence-electron chi connectivity index (χ4n) is 2.80. The quantitative estimate of drug-likeness (QED) is 0.695. The minimum Gasteiger partial charge on any atom is -0.365 e. The van der Waals surface area contributed by atoms with Gasteiger partial charge in [-0.3, -0.25) is 0 Å². The SMILES string of the molecule is CCCCOC(CCNC)(c1ccccc1)c1ccccc1. The van der Waals surface area contributed by atoms with Crippen LogP contribution in [0.4, 0.5) is 0 Å². The zero-order chi connectivity index (χ0) is 15.7. The molecule has 2 aromatic rings. The Kier molecular flexibility index (Phi) is 6.63. The highest BCUT2D eigenvalue weighted by Crippen LogP contribution is 2.37. The lowest BCUT2D eigenvalue weighted by Crippen LogP contribution is -2.35. The van der Waals surface area contributed by atoms with Crippen molar-refractivity contribution >= 4 is 0 Å². The second-order valence-electron chi connectivity index (χ2n) is 5.61. The highest BCUT2D eigenvalue weighted by atomic mass is 16.5. The van der Waals surface area contributed by atoms with Gasteiger partial charge in [0, 0.05) is 6.61 Å². The molecular weight excluding hydrogens is 270 g/mol. The van der Waals surface area contributed by atoms with E-state index in [1.54, 1.807) is 0 Å². The Bertz CT molecular complexity index is 484. The lowest BCUT2D eigenvalue weighted by molar-refractivity contribution is -0.0255. The van der Waals surface area contributed by atoms with Gasteiger partial charge in [0.25, 0.3) is 0 Å². The number of hydrogen-bond acceptors (Lipinski definition) is 2. The zero-order valence-electron chi connectivity index (χ0n) is 13.7. The Labute approximate surface area is 134 Å². The van der Waals surface area contributed by atoms with E-state index in [9.17, 15) is 0 Å². The number of hydrogen-bond donors (Lipinski definition) is 1. The molecule has 2 heteroatoms. The first kappa shape index (κ1) is 16.7. The molecule has 118 valence electrons. The number of unbranched alkanes of at least 4 members (excludes halogenated alkanes) is 1. The number of rotatable bonds is 9. The molecule has 0 atom stereocenters. The third-order valence-electron chi connectivity index (χ3n) is 4.05. The van der Waals surface area contributed by atoms with Crippen molar-refractivity contribution in [1.82, 2.24) is 5.32 Å². The fourth-order valence-corrected chi connectivity index (χ4v) is 2.80. The van der Waals surface area contributed by atoms with Gasteiger partial charge in [0.15, 0.2) is 0 Å². The van der Waals surface area contributed by atoms with Crippen molar-refractivity contribution in [2.75, 3.05) is 20.2 Å². The van der Waals surface area contributed by atoms with Gasteiger partial charge in [-0.15, -0.1) is 0 Å². The molecule has 0 spiro atoms. The van der Waals surface area contributed by atoms with Crippen molar-refractivity contribution < 1.29 is 4.74 Å². The third-order valence-corrected chi connectivity index (χ3v) is 4.05. The Morgan fingerprint density at radius 3 is 1.91 bits per heavy atom. The molecule has 0 aliphatic heterocycles. The summed E-state index contributed by atoms with van der Waals surface area (Å²) in [6.45, 7) is 3.89. The Morgan fingerprint density at radius 1 is 0.909 bits per heavy atom. The lowest BCUT2D eigenvalue weighted by atomic mass is 9.83. The van der Waals surface area contributed by atoms with E-state index < -0.39 is 0 Å². The van der Waals surface area contributed by atoms with E-state index in [-0.39, 0.29) is 5.60 Å². The highest BCUT2D eigenvalue weighted by molar-refractivity contribution is 5.36. The molecule has 0 unspecified atom stereocenters. The van der Waals surface area contributed by atoms with Crippen molar-refractivity contribution in [3.63, 3.8) is 0 Å². The van der Waals surface area contributed by atoms with Crippen molar-refractivity contribution in [3.05, 3.63) is 71.8 Å². The molecule has 0 aliphatic rings. The number of ether oxygens (including phenoxy) is 1. The second-order valence-corrected chi connectivity index (χ2v) is 5.61. The molecule has 0 heterocycles. The summed E-state index contributed by atoms with van der Waals surface area (Å²) in [6.07, 6.45) is 3.15. The summed E-state index contributed by atoms with van der Waals surface area (Å²) in [7, 11) is 1.99. The van der Waals surface area contributed by atoms with Crippen molar-refractivity contribution in [2.24, 2.45) is 0 Å². The summed E-state index contributed by atoms with van der Waals surface area (Å²) >= 11 is 0. The third kappa shape index (κ3) is 3.96. The van der Waals surface area contributed by atoms with Crippen LogP contribution in [-0.2, 0) is 10.3 Å². The molecule has 2 aromatic carbocycles. The molecule has 0 radical (unpaired) electrons.